The summed E-state index contributed by atoms with van der Waals surface area (Å²) in [5, 5.41) is 16.6. The topological polar surface area (TPSA) is 77.6 Å². The van der Waals surface area contributed by atoms with Gasteiger partial charge in [0.05, 0.1) is 18.0 Å². The quantitative estimate of drug-likeness (QED) is 0.400. The second-order valence-electron chi connectivity index (χ2n) is 7.73. The van der Waals surface area contributed by atoms with Crippen LogP contribution in [0.4, 0.5) is 4.39 Å². The van der Waals surface area contributed by atoms with Gasteiger partial charge < -0.3 is 9.88 Å². The highest BCUT2D eigenvalue weighted by Gasteiger charge is 2.15. The van der Waals surface area contributed by atoms with Crippen molar-refractivity contribution < 1.29 is 9.18 Å². The normalized spacial score (nSPS) is 11.0. The summed E-state index contributed by atoms with van der Waals surface area (Å²) in [6.45, 7) is 5.10. The van der Waals surface area contributed by atoms with Gasteiger partial charge in [-0.1, -0.05) is 42.1 Å². The Morgan fingerprint density at radius 2 is 1.79 bits per heavy atom. The number of carbonyl (C=O) groups excluding carboxylic acids is 1. The van der Waals surface area contributed by atoms with E-state index in [0.717, 1.165) is 22.5 Å². The first-order valence-electron chi connectivity index (χ1n) is 10.5. The molecule has 0 fully saturated rings. The number of carbonyl (C=O) groups is 1. The maximum atomic E-state index is 13.2. The Morgan fingerprint density at radius 3 is 2.52 bits per heavy atom. The molecule has 0 aliphatic rings. The summed E-state index contributed by atoms with van der Waals surface area (Å²) in [6, 6.07) is 16.2. The zero-order valence-corrected chi connectivity index (χ0v) is 19.6. The van der Waals surface area contributed by atoms with Gasteiger partial charge in [-0.25, -0.2) is 4.39 Å². The summed E-state index contributed by atoms with van der Waals surface area (Å²) in [6.07, 6.45) is 0. The highest BCUT2D eigenvalue weighted by Crippen LogP contribution is 2.23. The molecule has 4 rings (SSSR count). The molecule has 0 atom stereocenters. The molecule has 1 N–H and O–H groups in total. The fourth-order valence-corrected chi connectivity index (χ4v) is 4.30. The highest BCUT2D eigenvalue weighted by molar-refractivity contribution is 7.99. The van der Waals surface area contributed by atoms with Crippen LogP contribution in [0.5, 0.6) is 0 Å². The molecule has 2 heterocycles. The maximum absolute atomic E-state index is 13.2. The molecule has 33 heavy (non-hydrogen) atoms. The van der Waals surface area contributed by atoms with Crippen molar-refractivity contribution in [3.05, 3.63) is 82.9 Å². The minimum Gasteiger partial charge on any atom is -0.351 e. The van der Waals surface area contributed by atoms with E-state index in [1.807, 2.05) is 43.8 Å². The number of hydrogen-bond acceptors (Lipinski definition) is 5. The number of nitrogens with one attached hydrogen (secondary N) is 1. The van der Waals surface area contributed by atoms with Crippen molar-refractivity contribution in [1.82, 2.24) is 29.9 Å². The maximum Gasteiger partial charge on any atom is 0.230 e. The number of hydrogen-bond donors (Lipinski definition) is 1. The second-order valence-corrected chi connectivity index (χ2v) is 8.67. The first-order chi connectivity index (χ1) is 15.9. The summed E-state index contributed by atoms with van der Waals surface area (Å²) < 4.78 is 16.9. The summed E-state index contributed by atoms with van der Waals surface area (Å²) in [5.41, 5.74) is 4.93. The monoisotopic (exact) mass is 464 g/mol. The molecule has 170 valence electrons. The molecule has 9 heteroatoms. The molecule has 7 nitrogen and oxygen atoms in total. The second kappa shape index (κ2) is 9.99. The van der Waals surface area contributed by atoms with E-state index in [0.29, 0.717) is 24.1 Å². The van der Waals surface area contributed by atoms with Gasteiger partial charge in [-0.05, 0) is 43.7 Å². The number of aromatic nitrogens is 5. The van der Waals surface area contributed by atoms with E-state index in [1.54, 1.807) is 16.7 Å². The lowest BCUT2D eigenvalue weighted by molar-refractivity contribution is -0.118. The van der Waals surface area contributed by atoms with Crippen molar-refractivity contribution in [2.45, 2.75) is 32.1 Å². The van der Waals surface area contributed by atoms with Crippen LogP contribution in [0.25, 0.3) is 11.4 Å². The van der Waals surface area contributed by atoms with E-state index in [9.17, 15) is 9.18 Å². The van der Waals surface area contributed by atoms with Crippen LogP contribution in [0.2, 0.25) is 0 Å². The third-order valence-corrected chi connectivity index (χ3v) is 6.46. The van der Waals surface area contributed by atoms with E-state index < -0.39 is 0 Å². The van der Waals surface area contributed by atoms with Crippen LogP contribution in [0.15, 0.2) is 59.8 Å². The number of amides is 1. The van der Waals surface area contributed by atoms with Crippen LogP contribution in [0.3, 0.4) is 0 Å². The summed E-state index contributed by atoms with van der Waals surface area (Å²) in [4.78, 5) is 12.5. The smallest absolute Gasteiger partial charge is 0.230 e. The van der Waals surface area contributed by atoms with Gasteiger partial charge in [0.15, 0.2) is 11.0 Å². The molecule has 0 saturated heterocycles. The minimum atomic E-state index is -0.303. The number of rotatable bonds is 8. The lowest BCUT2D eigenvalue weighted by Gasteiger charge is -2.08. The molecule has 1 amide bonds. The zero-order chi connectivity index (χ0) is 23.4. The lowest BCUT2D eigenvalue weighted by Crippen LogP contribution is -2.25. The molecule has 0 bridgehead atoms. The van der Waals surface area contributed by atoms with E-state index >= 15 is 0 Å². The number of thioether (sulfide) groups is 1. The van der Waals surface area contributed by atoms with Crippen LogP contribution in [0.1, 0.15) is 22.5 Å². The molecule has 4 aromatic rings. The van der Waals surface area contributed by atoms with Crippen molar-refractivity contribution in [3.8, 4) is 11.4 Å². The van der Waals surface area contributed by atoms with Crippen LogP contribution in [0, 0.1) is 19.7 Å². The highest BCUT2D eigenvalue weighted by atomic mass is 32.2. The molecule has 2 aromatic carbocycles. The van der Waals surface area contributed by atoms with Crippen molar-refractivity contribution in [1.29, 1.82) is 0 Å². The van der Waals surface area contributed by atoms with Gasteiger partial charge in [0, 0.05) is 30.4 Å². The Balaban J connectivity index is 1.34. The molecule has 0 aliphatic carbocycles. The third-order valence-electron chi connectivity index (χ3n) is 5.44. The first kappa shape index (κ1) is 22.7. The summed E-state index contributed by atoms with van der Waals surface area (Å²) >= 11 is 1.31. The number of aryl methyl sites for hydroxylation is 1. The van der Waals surface area contributed by atoms with Crippen LogP contribution in [-0.2, 0) is 24.9 Å². The van der Waals surface area contributed by atoms with Gasteiger partial charge in [0.25, 0.3) is 0 Å². The van der Waals surface area contributed by atoms with Crippen LogP contribution < -0.4 is 5.32 Å². The predicted molar refractivity (Wildman–Crippen MR) is 126 cm³/mol. The van der Waals surface area contributed by atoms with Gasteiger partial charge in [0.2, 0.25) is 5.91 Å². The van der Waals surface area contributed by atoms with Crippen molar-refractivity contribution in [2.24, 2.45) is 7.05 Å². The Kier molecular flexibility index (Phi) is 6.88. The Bertz CT molecular complexity index is 1250. The summed E-state index contributed by atoms with van der Waals surface area (Å²) in [7, 11) is 1.83. The Labute approximate surface area is 196 Å². The van der Waals surface area contributed by atoms with E-state index in [-0.39, 0.29) is 17.5 Å². The average molecular weight is 465 g/mol. The third kappa shape index (κ3) is 5.31. The lowest BCUT2D eigenvalue weighted by atomic mass is 10.2. The summed E-state index contributed by atoms with van der Waals surface area (Å²) in [5.74, 6) is 0.435. The number of nitrogens with zero attached hydrogens (tertiary/aromatic N) is 5. The predicted octanol–water partition coefficient (Wildman–Crippen LogP) is 3.89. The number of benzene rings is 2. The molecule has 0 aliphatic heterocycles. The fraction of sp³-hybridized carbons (Fsp3) is 0.250. The van der Waals surface area contributed by atoms with Crippen molar-refractivity contribution in [3.63, 3.8) is 0 Å². The van der Waals surface area contributed by atoms with Gasteiger partial charge >= 0.3 is 0 Å². The molecule has 2 aromatic heterocycles. The van der Waals surface area contributed by atoms with E-state index in [1.165, 1.54) is 29.5 Å². The molecule has 0 spiro atoms. The molecular formula is C24H25FN6OS. The van der Waals surface area contributed by atoms with E-state index in [4.69, 9.17) is 0 Å². The zero-order valence-electron chi connectivity index (χ0n) is 18.7. The Morgan fingerprint density at radius 1 is 1.06 bits per heavy atom. The fourth-order valence-electron chi connectivity index (χ4n) is 3.56. The first-order valence-corrected chi connectivity index (χ1v) is 11.5. The largest absolute Gasteiger partial charge is 0.351 e. The van der Waals surface area contributed by atoms with Gasteiger partial charge in [-0.2, -0.15) is 5.10 Å². The molecular weight excluding hydrogens is 439 g/mol. The van der Waals surface area contributed by atoms with Crippen molar-refractivity contribution in [2.75, 3.05) is 5.75 Å². The van der Waals surface area contributed by atoms with Gasteiger partial charge in [0.1, 0.15) is 5.82 Å². The molecule has 0 saturated carbocycles. The SMILES string of the molecule is Cc1nn(Cc2ccccc2)c(C)c1CNC(=O)CSc1nnc(-c2ccc(F)cc2)n1C. The average Bonchev–Trinajstić information content (AvgIpc) is 3.30. The Hall–Kier alpha value is -3.46. The standard InChI is InChI=1S/C24H25FN6OS/c1-16-21(17(2)31(29-16)14-18-7-5-4-6-8-18)13-26-22(32)15-33-24-28-27-23(30(24)3)19-9-11-20(25)12-10-19/h4-12H,13-15H2,1-3H3,(H,26,32). The number of halogens is 1. The van der Waals surface area contributed by atoms with Crippen molar-refractivity contribution >= 4 is 17.7 Å². The van der Waals surface area contributed by atoms with Gasteiger partial charge in [-0.3, -0.25) is 9.48 Å². The van der Waals surface area contributed by atoms with E-state index in [2.05, 4.69) is 32.7 Å². The van der Waals surface area contributed by atoms with Crippen LogP contribution >= 0.6 is 11.8 Å². The van der Waals surface area contributed by atoms with Crippen LogP contribution in [-0.4, -0.2) is 36.2 Å². The molecule has 0 radical (unpaired) electrons. The molecule has 0 unspecified atom stereocenters. The van der Waals surface area contributed by atoms with Gasteiger partial charge in [-0.15, -0.1) is 10.2 Å². The minimum absolute atomic E-state index is 0.0964.